The number of methoxy groups -OCH3 is 5. The van der Waals surface area contributed by atoms with Crippen molar-refractivity contribution in [1.29, 1.82) is 0 Å². The Morgan fingerprint density at radius 2 is 1.38 bits per heavy atom. The van der Waals surface area contributed by atoms with Crippen molar-refractivity contribution in [2.45, 2.75) is 13.0 Å². The van der Waals surface area contributed by atoms with Gasteiger partial charge in [0.25, 0.3) is 0 Å². The number of benzene rings is 3. The summed E-state index contributed by atoms with van der Waals surface area (Å²) in [6.45, 7) is 2.04. The Kier molecular flexibility index (Phi) is 7.93. The average molecular weight is 525 g/mol. The van der Waals surface area contributed by atoms with Crippen LogP contribution in [0.4, 0.5) is 17.2 Å². The molecule has 0 amide bonds. The van der Waals surface area contributed by atoms with Gasteiger partial charge in [-0.05, 0) is 42.3 Å². The van der Waals surface area contributed by atoms with Crippen LogP contribution in [0.5, 0.6) is 28.7 Å². The molecule has 1 atom stereocenters. The second-order valence-corrected chi connectivity index (χ2v) is 8.43. The normalized spacial score (nSPS) is 11.5. The Bertz CT molecular complexity index is 1390. The molecule has 0 aliphatic heterocycles. The van der Waals surface area contributed by atoms with Gasteiger partial charge in [-0.15, -0.1) is 0 Å². The Balaban J connectivity index is 1.62. The van der Waals surface area contributed by atoms with Gasteiger partial charge in [-0.1, -0.05) is 12.1 Å². The lowest BCUT2D eigenvalue weighted by molar-refractivity contribution is 0.324. The third kappa shape index (κ3) is 5.51. The van der Waals surface area contributed by atoms with E-state index in [0.717, 1.165) is 22.3 Å². The summed E-state index contributed by atoms with van der Waals surface area (Å²) in [4.78, 5) is 8.78. The molecular weight excluding hydrogens is 496 g/mol. The zero-order valence-corrected chi connectivity index (χ0v) is 22.3. The molecule has 0 saturated heterocycles. The van der Waals surface area contributed by atoms with Crippen LogP contribution in [0, 0.1) is 0 Å². The number of nitrogens with zero attached hydrogens (tertiary/aromatic N) is 2. The van der Waals surface area contributed by atoms with E-state index in [-0.39, 0.29) is 11.3 Å². The highest BCUT2D eigenvalue weighted by Crippen LogP contribution is 2.41. The largest absolute Gasteiger partial charge is 0.493 e. The summed E-state index contributed by atoms with van der Waals surface area (Å²) < 4.78 is 27.2. The monoisotopic (exact) mass is 524 g/mol. The van der Waals surface area contributed by atoms with Gasteiger partial charge in [-0.25, -0.2) is 9.97 Å². The third-order valence-electron chi connectivity index (χ3n) is 5.87. The number of rotatable bonds is 10. The van der Waals surface area contributed by atoms with Crippen LogP contribution in [0.25, 0.3) is 10.9 Å². The number of aromatic nitrogens is 2. The molecular formula is C27H29ClN4O5. The molecule has 4 aromatic rings. The predicted octanol–water partition coefficient (Wildman–Crippen LogP) is 6.24. The van der Waals surface area contributed by atoms with Crippen molar-refractivity contribution in [3.05, 3.63) is 59.4 Å². The fraction of sp³-hybridized carbons (Fsp3) is 0.259. The second-order valence-electron chi connectivity index (χ2n) is 8.10. The van der Waals surface area contributed by atoms with E-state index in [1.54, 1.807) is 41.6 Å². The van der Waals surface area contributed by atoms with Crippen molar-refractivity contribution >= 4 is 39.7 Å². The average Bonchev–Trinajstić information content (AvgIpc) is 2.91. The van der Waals surface area contributed by atoms with Gasteiger partial charge in [-0.2, -0.15) is 0 Å². The summed E-state index contributed by atoms with van der Waals surface area (Å²) in [5.74, 6) is 3.39. The maximum atomic E-state index is 6.24. The Labute approximate surface area is 220 Å². The number of anilines is 3. The minimum Gasteiger partial charge on any atom is -0.493 e. The first-order chi connectivity index (χ1) is 17.9. The highest BCUT2D eigenvalue weighted by atomic mass is 35.5. The van der Waals surface area contributed by atoms with Gasteiger partial charge in [0.1, 0.15) is 5.82 Å². The highest BCUT2D eigenvalue weighted by molar-refractivity contribution is 6.28. The van der Waals surface area contributed by atoms with E-state index in [0.29, 0.717) is 40.1 Å². The molecule has 0 aliphatic carbocycles. The zero-order chi connectivity index (χ0) is 26.5. The van der Waals surface area contributed by atoms with E-state index < -0.39 is 0 Å². The Morgan fingerprint density at radius 1 is 0.730 bits per heavy atom. The van der Waals surface area contributed by atoms with Crippen molar-refractivity contribution in [3.8, 4) is 28.7 Å². The van der Waals surface area contributed by atoms with E-state index in [4.69, 9.17) is 35.3 Å². The lowest BCUT2D eigenvalue weighted by atomic mass is 10.1. The highest BCUT2D eigenvalue weighted by Gasteiger charge is 2.16. The molecule has 2 N–H and O–H groups in total. The van der Waals surface area contributed by atoms with Crippen LogP contribution < -0.4 is 34.3 Å². The van der Waals surface area contributed by atoms with E-state index in [9.17, 15) is 0 Å². The minimum atomic E-state index is -0.107. The summed E-state index contributed by atoms with van der Waals surface area (Å²) in [6, 6.07) is 15.3. The number of hydrogen-bond donors (Lipinski definition) is 2. The molecule has 0 fully saturated rings. The van der Waals surface area contributed by atoms with Crippen molar-refractivity contribution in [3.63, 3.8) is 0 Å². The first-order valence-corrected chi connectivity index (χ1v) is 11.8. The number of fused-ring (bicyclic) bond motifs is 1. The molecule has 0 saturated carbocycles. The van der Waals surface area contributed by atoms with Crippen LogP contribution in [0.2, 0.25) is 5.28 Å². The Hall–Kier alpha value is -4.11. The van der Waals surface area contributed by atoms with Crippen LogP contribution in [-0.4, -0.2) is 45.5 Å². The van der Waals surface area contributed by atoms with E-state index in [1.807, 2.05) is 43.3 Å². The molecule has 1 heterocycles. The van der Waals surface area contributed by atoms with Gasteiger partial charge in [0.15, 0.2) is 23.0 Å². The molecule has 0 spiro atoms. The minimum absolute atomic E-state index is 0.107. The summed E-state index contributed by atoms with van der Waals surface area (Å²) >= 11 is 6.24. The maximum Gasteiger partial charge on any atom is 0.224 e. The summed E-state index contributed by atoms with van der Waals surface area (Å²) in [5.41, 5.74) is 3.35. The molecule has 37 heavy (non-hydrogen) atoms. The predicted molar refractivity (Wildman–Crippen MR) is 146 cm³/mol. The summed E-state index contributed by atoms with van der Waals surface area (Å²) in [6.07, 6.45) is 0. The molecule has 9 nitrogen and oxygen atoms in total. The first-order valence-electron chi connectivity index (χ1n) is 11.4. The lowest BCUT2D eigenvalue weighted by Gasteiger charge is -2.19. The van der Waals surface area contributed by atoms with Gasteiger partial charge in [0, 0.05) is 35.0 Å². The van der Waals surface area contributed by atoms with Gasteiger partial charge in [0.05, 0.1) is 47.1 Å². The van der Waals surface area contributed by atoms with Crippen LogP contribution in [0.15, 0.2) is 48.5 Å². The number of nitrogens with one attached hydrogen (secondary N) is 2. The molecule has 10 heteroatoms. The standard InChI is InChI=1S/C27H29ClN4O5/c1-15(29-26-19-13-21(33-2)22(34-3)14-20(19)31-27(28)32-26)16-8-7-9-17(10-16)30-18-11-23(35-4)25(37-6)24(12-18)36-5/h7-15,30H,1-6H3,(H,29,31,32). The SMILES string of the molecule is COc1cc2nc(Cl)nc(NC(C)c3cccc(Nc4cc(OC)c(OC)c(OC)c4)c3)c2cc1OC. The lowest BCUT2D eigenvalue weighted by Crippen LogP contribution is -2.09. The smallest absolute Gasteiger partial charge is 0.224 e. The maximum absolute atomic E-state index is 6.24. The molecule has 0 radical (unpaired) electrons. The molecule has 1 aromatic heterocycles. The molecule has 0 aliphatic rings. The molecule has 1 unspecified atom stereocenters. The Morgan fingerprint density at radius 3 is 2.00 bits per heavy atom. The number of hydrogen-bond acceptors (Lipinski definition) is 9. The molecule has 194 valence electrons. The summed E-state index contributed by atoms with van der Waals surface area (Å²) in [5, 5.41) is 7.76. The van der Waals surface area contributed by atoms with Crippen molar-refractivity contribution < 1.29 is 23.7 Å². The van der Waals surface area contributed by atoms with E-state index >= 15 is 0 Å². The number of halogens is 1. The van der Waals surface area contributed by atoms with Gasteiger partial charge in [0.2, 0.25) is 11.0 Å². The van der Waals surface area contributed by atoms with Crippen molar-refractivity contribution in [1.82, 2.24) is 9.97 Å². The first kappa shape index (κ1) is 26.0. The third-order valence-corrected chi connectivity index (χ3v) is 6.04. The van der Waals surface area contributed by atoms with Gasteiger partial charge in [-0.3, -0.25) is 0 Å². The topological polar surface area (TPSA) is 96.0 Å². The van der Waals surface area contributed by atoms with Gasteiger partial charge >= 0.3 is 0 Å². The second kappa shape index (κ2) is 11.3. The molecule has 3 aromatic carbocycles. The zero-order valence-electron chi connectivity index (χ0n) is 21.5. The number of ether oxygens (including phenoxy) is 5. The van der Waals surface area contributed by atoms with Crippen LogP contribution in [0.1, 0.15) is 18.5 Å². The van der Waals surface area contributed by atoms with Crippen molar-refractivity contribution in [2.24, 2.45) is 0 Å². The fourth-order valence-corrected chi connectivity index (χ4v) is 4.21. The molecule has 0 bridgehead atoms. The van der Waals surface area contributed by atoms with Gasteiger partial charge < -0.3 is 34.3 Å². The van der Waals surface area contributed by atoms with Crippen LogP contribution >= 0.6 is 11.6 Å². The fourth-order valence-electron chi connectivity index (χ4n) is 4.03. The van der Waals surface area contributed by atoms with Crippen molar-refractivity contribution in [2.75, 3.05) is 46.2 Å². The van der Waals surface area contributed by atoms with Crippen LogP contribution in [-0.2, 0) is 0 Å². The molecule has 4 rings (SSSR count). The quantitative estimate of drug-likeness (QED) is 0.233. The van der Waals surface area contributed by atoms with E-state index in [2.05, 4.69) is 26.7 Å². The van der Waals surface area contributed by atoms with Crippen LogP contribution in [0.3, 0.4) is 0 Å². The van der Waals surface area contributed by atoms with E-state index in [1.165, 1.54) is 0 Å². The summed E-state index contributed by atoms with van der Waals surface area (Å²) in [7, 11) is 7.91.